The molecule has 2 fully saturated rings. The van der Waals surface area contributed by atoms with Gasteiger partial charge < -0.3 is 15.0 Å². The molecule has 2 aliphatic heterocycles. The maximum absolute atomic E-state index is 5.57. The van der Waals surface area contributed by atoms with Gasteiger partial charge in [-0.15, -0.1) is 0 Å². The van der Waals surface area contributed by atoms with Crippen LogP contribution in [0.4, 0.5) is 0 Å². The molecule has 18 heavy (non-hydrogen) atoms. The highest BCUT2D eigenvalue weighted by Gasteiger charge is 2.22. The molecule has 0 radical (unpaired) electrons. The molecule has 3 nitrogen and oxygen atoms in total. The van der Waals surface area contributed by atoms with Crippen molar-refractivity contribution in [1.82, 2.24) is 10.2 Å². The Labute approximate surface area is 112 Å². The largest absolute Gasteiger partial charge is 0.381 e. The second-order valence-corrected chi connectivity index (χ2v) is 6.14. The van der Waals surface area contributed by atoms with Crippen LogP contribution >= 0.6 is 0 Å². The third-order valence-electron chi connectivity index (χ3n) is 4.77. The first-order valence-electron chi connectivity index (χ1n) is 7.78. The highest BCUT2D eigenvalue weighted by Crippen LogP contribution is 2.19. The van der Waals surface area contributed by atoms with E-state index in [0.717, 1.165) is 31.7 Å². The molecular weight excluding hydrogens is 224 g/mol. The van der Waals surface area contributed by atoms with Crippen LogP contribution in [0.3, 0.4) is 0 Å². The predicted octanol–water partition coefficient (Wildman–Crippen LogP) is 2.27. The Morgan fingerprint density at radius 1 is 1.28 bits per heavy atom. The number of hydrogen-bond donors (Lipinski definition) is 1. The van der Waals surface area contributed by atoms with Gasteiger partial charge in [0.2, 0.25) is 0 Å². The normalized spacial score (nSPS) is 32.3. The van der Waals surface area contributed by atoms with Gasteiger partial charge in [0.15, 0.2) is 0 Å². The smallest absolute Gasteiger partial charge is 0.0509 e. The lowest BCUT2D eigenvalue weighted by atomic mass is 9.94. The summed E-state index contributed by atoms with van der Waals surface area (Å²) in [6.45, 7) is 6.70. The zero-order chi connectivity index (χ0) is 12.8. The summed E-state index contributed by atoms with van der Waals surface area (Å²) in [6.07, 6.45) is 8.06. The summed E-state index contributed by atoms with van der Waals surface area (Å²) in [7, 11) is 2.28. The van der Waals surface area contributed by atoms with Gasteiger partial charge in [-0.3, -0.25) is 0 Å². The van der Waals surface area contributed by atoms with Crippen LogP contribution in [-0.4, -0.2) is 50.3 Å². The molecule has 106 valence electrons. The predicted molar refractivity (Wildman–Crippen MR) is 75.9 cm³/mol. The summed E-state index contributed by atoms with van der Waals surface area (Å²) in [6, 6.07) is 1.42. The molecule has 0 spiro atoms. The maximum atomic E-state index is 5.57. The van der Waals surface area contributed by atoms with Crippen molar-refractivity contribution in [3.8, 4) is 0 Å². The number of likely N-dealkylation sites (tertiary alicyclic amines) is 1. The fraction of sp³-hybridized carbons (Fsp3) is 1.00. The van der Waals surface area contributed by atoms with E-state index in [9.17, 15) is 0 Å². The Bertz CT molecular complexity index is 229. The molecular formula is C15H30N2O. The molecule has 0 amide bonds. The Hall–Kier alpha value is -0.120. The quantitative estimate of drug-likeness (QED) is 0.814. The van der Waals surface area contributed by atoms with Gasteiger partial charge in [0, 0.05) is 18.7 Å². The van der Waals surface area contributed by atoms with Crippen LogP contribution in [-0.2, 0) is 4.74 Å². The zero-order valence-corrected chi connectivity index (χ0v) is 12.2. The third kappa shape index (κ3) is 4.22. The van der Waals surface area contributed by atoms with Crippen LogP contribution in [0.15, 0.2) is 0 Å². The van der Waals surface area contributed by atoms with E-state index in [1.165, 1.54) is 45.1 Å². The van der Waals surface area contributed by atoms with Gasteiger partial charge in [-0.05, 0) is 65.1 Å². The number of nitrogens with zero attached hydrogens (tertiary/aromatic N) is 1. The molecule has 2 rings (SSSR count). The lowest BCUT2D eigenvalue weighted by Gasteiger charge is -2.33. The van der Waals surface area contributed by atoms with Gasteiger partial charge >= 0.3 is 0 Å². The van der Waals surface area contributed by atoms with Crippen LogP contribution in [0, 0.1) is 5.92 Å². The standard InChI is InChI=1S/C15H30N2O/c1-13(14-6-5-11-18-12-14)16-9-8-15-7-3-4-10-17(15)2/h13-16H,3-12H2,1-2H3/t13-,14-,15-/m0/s1. The average molecular weight is 254 g/mol. The molecule has 2 aliphatic rings. The first-order valence-corrected chi connectivity index (χ1v) is 7.78. The lowest BCUT2D eigenvalue weighted by Crippen LogP contribution is -2.42. The van der Waals surface area contributed by atoms with E-state index in [2.05, 4.69) is 24.2 Å². The highest BCUT2D eigenvalue weighted by molar-refractivity contribution is 4.78. The van der Waals surface area contributed by atoms with Crippen molar-refractivity contribution in [3.05, 3.63) is 0 Å². The number of rotatable bonds is 5. The van der Waals surface area contributed by atoms with Gasteiger partial charge in [0.05, 0.1) is 6.61 Å². The molecule has 0 saturated carbocycles. The summed E-state index contributed by atoms with van der Waals surface area (Å²) < 4.78 is 5.57. The van der Waals surface area contributed by atoms with E-state index in [0.29, 0.717) is 6.04 Å². The van der Waals surface area contributed by atoms with Crippen molar-refractivity contribution in [1.29, 1.82) is 0 Å². The number of piperidine rings is 1. The third-order valence-corrected chi connectivity index (χ3v) is 4.77. The van der Waals surface area contributed by atoms with E-state index in [1.807, 2.05) is 0 Å². The summed E-state index contributed by atoms with van der Waals surface area (Å²) in [4.78, 5) is 2.54. The topological polar surface area (TPSA) is 24.5 Å². The van der Waals surface area contributed by atoms with Crippen molar-refractivity contribution in [2.45, 2.75) is 57.5 Å². The summed E-state index contributed by atoms with van der Waals surface area (Å²) in [5.74, 6) is 0.725. The van der Waals surface area contributed by atoms with Crippen molar-refractivity contribution in [2.75, 3.05) is 33.4 Å². The second-order valence-electron chi connectivity index (χ2n) is 6.14. The summed E-state index contributed by atoms with van der Waals surface area (Å²) in [5.41, 5.74) is 0. The molecule has 0 unspecified atom stereocenters. The van der Waals surface area contributed by atoms with Gasteiger partial charge in [-0.25, -0.2) is 0 Å². The van der Waals surface area contributed by atoms with Crippen molar-refractivity contribution in [2.24, 2.45) is 5.92 Å². The monoisotopic (exact) mass is 254 g/mol. The minimum atomic E-state index is 0.610. The van der Waals surface area contributed by atoms with Gasteiger partial charge in [0.1, 0.15) is 0 Å². The average Bonchev–Trinajstić information content (AvgIpc) is 2.42. The molecule has 0 bridgehead atoms. The van der Waals surface area contributed by atoms with Crippen LogP contribution < -0.4 is 5.32 Å². The number of hydrogen-bond acceptors (Lipinski definition) is 3. The molecule has 3 heteroatoms. The molecule has 0 aromatic heterocycles. The van der Waals surface area contributed by atoms with E-state index < -0.39 is 0 Å². The molecule has 3 atom stereocenters. The minimum absolute atomic E-state index is 0.610. The van der Waals surface area contributed by atoms with Crippen molar-refractivity contribution < 1.29 is 4.74 Å². The van der Waals surface area contributed by atoms with Crippen LogP contribution in [0.25, 0.3) is 0 Å². The van der Waals surface area contributed by atoms with Crippen molar-refractivity contribution >= 4 is 0 Å². The first kappa shape index (κ1) is 14.3. The van der Waals surface area contributed by atoms with Gasteiger partial charge in [-0.2, -0.15) is 0 Å². The van der Waals surface area contributed by atoms with E-state index in [4.69, 9.17) is 4.74 Å². The molecule has 0 aromatic carbocycles. The van der Waals surface area contributed by atoms with E-state index in [-0.39, 0.29) is 0 Å². The Morgan fingerprint density at radius 3 is 2.89 bits per heavy atom. The second kappa shape index (κ2) is 7.46. The number of ether oxygens (including phenoxy) is 1. The molecule has 2 heterocycles. The molecule has 2 saturated heterocycles. The Morgan fingerprint density at radius 2 is 2.17 bits per heavy atom. The van der Waals surface area contributed by atoms with Gasteiger partial charge in [-0.1, -0.05) is 6.42 Å². The van der Waals surface area contributed by atoms with Crippen LogP contribution in [0.5, 0.6) is 0 Å². The maximum Gasteiger partial charge on any atom is 0.0509 e. The van der Waals surface area contributed by atoms with Crippen LogP contribution in [0.1, 0.15) is 45.4 Å². The molecule has 0 aromatic rings. The van der Waals surface area contributed by atoms with E-state index >= 15 is 0 Å². The summed E-state index contributed by atoms with van der Waals surface area (Å²) >= 11 is 0. The van der Waals surface area contributed by atoms with Crippen molar-refractivity contribution in [3.63, 3.8) is 0 Å². The highest BCUT2D eigenvalue weighted by atomic mass is 16.5. The lowest BCUT2D eigenvalue weighted by molar-refractivity contribution is 0.0415. The fourth-order valence-electron chi connectivity index (χ4n) is 3.31. The fourth-order valence-corrected chi connectivity index (χ4v) is 3.31. The number of nitrogens with one attached hydrogen (secondary N) is 1. The van der Waals surface area contributed by atoms with Gasteiger partial charge in [0.25, 0.3) is 0 Å². The molecule has 0 aliphatic carbocycles. The summed E-state index contributed by atoms with van der Waals surface area (Å²) in [5, 5.41) is 3.71. The van der Waals surface area contributed by atoms with E-state index in [1.54, 1.807) is 0 Å². The Kier molecular flexibility index (Phi) is 5.93. The Balaban J connectivity index is 1.61. The molecule has 1 N–H and O–H groups in total. The first-order chi connectivity index (χ1) is 8.77. The zero-order valence-electron chi connectivity index (χ0n) is 12.2. The minimum Gasteiger partial charge on any atom is -0.381 e. The SMILES string of the molecule is C[C@H](NCC[C@@H]1CCCCN1C)[C@H]1CCCOC1. The van der Waals surface area contributed by atoms with Crippen LogP contribution in [0.2, 0.25) is 0 Å².